The van der Waals surface area contributed by atoms with Crippen molar-refractivity contribution in [2.75, 3.05) is 6.61 Å². The molecular formula is C14H20N2O2. The first-order chi connectivity index (χ1) is 8.69. The molecule has 1 amide bonds. The van der Waals surface area contributed by atoms with Crippen molar-refractivity contribution < 1.29 is 9.53 Å². The van der Waals surface area contributed by atoms with E-state index in [4.69, 9.17) is 10.5 Å². The number of rotatable bonds is 6. The van der Waals surface area contributed by atoms with Gasteiger partial charge in [-0.3, -0.25) is 4.79 Å². The Hall–Kier alpha value is -1.55. The van der Waals surface area contributed by atoms with Crippen molar-refractivity contribution in [3.63, 3.8) is 0 Å². The SMILES string of the molecule is CC[C@@H](N)c1ccc(OCC(=O)NC2CC2)cc1. The molecule has 0 saturated heterocycles. The molecule has 0 spiro atoms. The van der Waals surface area contributed by atoms with E-state index in [1.54, 1.807) is 0 Å². The van der Waals surface area contributed by atoms with E-state index in [9.17, 15) is 4.79 Å². The highest BCUT2D eigenvalue weighted by Gasteiger charge is 2.23. The van der Waals surface area contributed by atoms with E-state index in [1.165, 1.54) is 0 Å². The number of nitrogens with two attached hydrogens (primary N) is 1. The maximum atomic E-state index is 11.4. The zero-order chi connectivity index (χ0) is 13.0. The molecule has 3 N–H and O–H groups in total. The van der Waals surface area contributed by atoms with E-state index < -0.39 is 0 Å². The number of amides is 1. The van der Waals surface area contributed by atoms with Crippen LogP contribution in [0.4, 0.5) is 0 Å². The predicted molar refractivity (Wildman–Crippen MR) is 70.3 cm³/mol. The average molecular weight is 248 g/mol. The molecule has 4 heteroatoms. The number of hydrogen-bond acceptors (Lipinski definition) is 3. The largest absolute Gasteiger partial charge is 0.484 e. The number of ether oxygens (including phenoxy) is 1. The molecule has 98 valence electrons. The van der Waals surface area contributed by atoms with Gasteiger partial charge in [0.25, 0.3) is 5.91 Å². The highest BCUT2D eigenvalue weighted by molar-refractivity contribution is 5.78. The van der Waals surface area contributed by atoms with Gasteiger partial charge in [0.15, 0.2) is 6.61 Å². The second-order valence-electron chi connectivity index (χ2n) is 4.71. The van der Waals surface area contributed by atoms with Gasteiger partial charge in [0, 0.05) is 12.1 Å². The minimum absolute atomic E-state index is 0.0492. The zero-order valence-electron chi connectivity index (χ0n) is 10.7. The maximum absolute atomic E-state index is 11.4. The second kappa shape index (κ2) is 5.87. The lowest BCUT2D eigenvalue weighted by Gasteiger charge is -2.10. The van der Waals surface area contributed by atoms with Gasteiger partial charge in [-0.1, -0.05) is 19.1 Å². The Morgan fingerprint density at radius 3 is 2.67 bits per heavy atom. The monoisotopic (exact) mass is 248 g/mol. The van der Waals surface area contributed by atoms with Crippen LogP contribution in [-0.4, -0.2) is 18.6 Å². The molecule has 18 heavy (non-hydrogen) atoms. The summed E-state index contributed by atoms with van der Waals surface area (Å²) in [5.74, 6) is 0.653. The van der Waals surface area contributed by atoms with Crippen LogP contribution in [0.3, 0.4) is 0 Å². The van der Waals surface area contributed by atoms with Crippen molar-refractivity contribution >= 4 is 5.91 Å². The average Bonchev–Trinajstić information content (AvgIpc) is 3.20. The summed E-state index contributed by atoms with van der Waals surface area (Å²) in [6.45, 7) is 2.13. The van der Waals surface area contributed by atoms with Gasteiger partial charge in [-0.15, -0.1) is 0 Å². The summed E-state index contributed by atoms with van der Waals surface area (Å²) >= 11 is 0. The van der Waals surface area contributed by atoms with Crippen LogP contribution in [0.2, 0.25) is 0 Å². The van der Waals surface area contributed by atoms with E-state index in [1.807, 2.05) is 24.3 Å². The maximum Gasteiger partial charge on any atom is 0.258 e. The van der Waals surface area contributed by atoms with Gasteiger partial charge in [0.05, 0.1) is 0 Å². The van der Waals surface area contributed by atoms with Crippen molar-refractivity contribution in [2.45, 2.75) is 38.3 Å². The normalized spacial score (nSPS) is 16.1. The van der Waals surface area contributed by atoms with Crippen molar-refractivity contribution in [1.82, 2.24) is 5.32 Å². The quantitative estimate of drug-likeness (QED) is 0.806. The molecule has 1 atom stereocenters. The van der Waals surface area contributed by atoms with Crippen molar-refractivity contribution in [3.8, 4) is 5.75 Å². The molecule has 1 saturated carbocycles. The minimum Gasteiger partial charge on any atom is -0.484 e. The molecule has 1 aromatic carbocycles. The molecule has 4 nitrogen and oxygen atoms in total. The zero-order valence-corrected chi connectivity index (χ0v) is 10.7. The third-order valence-corrected chi connectivity index (χ3v) is 3.06. The Labute approximate surface area is 108 Å². The first-order valence-electron chi connectivity index (χ1n) is 6.46. The molecule has 0 bridgehead atoms. The molecule has 1 fully saturated rings. The molecule has 0 radical (unpaired) electrons. The third-order valence-electron chi connectivity index (χ3n) is 3.06. The van der Waals surface area contributed by atoms with Crippen molar-refractivity contribution in [3.05, 3.63) is 29.8 Å². The molecule has 0 heterocycles. The fourth-order valence-corrected chi connectivity index (χ4v) is 1.69. The van der Waals surface area contributed by atoms with Crippen LogP contribution in [0.25, 0.3) is 0 Å². The summed E-state index contributed by atoms with van der Waals surface area (Å²) in [6.07, 6.45) is 3.09. The van der Waals surface area contributed by atoms with Crippen molar-refractivity contribution in [2.24, 2.45) is 5.73 Å². The summed E-state index contributed by atoms with van der Waals surface area (Å²) in [4.78, 5) is 11.4. The molecule has 1 aliphatic carbocycles. The van der Waals surface area contributed by atoms with E-state index >= 15 is 0 Å². The van der Waals surface area contributed by atoms with Gasteiger partial charge >= 0.3 is 0 Å². The molecule has 2 rings (SSSR count). The number of benzene rings is 1. The third kappa shape index (κ3) is 3.74. The Morgan fingerprint density at radius 1 is 1.44 bits per heavy atom. The van der Waals surface area contributed by atoms with Gasteiger partial charge in [0.1, 0.15) is 5.75 Å². The Bertz CT molecular complexity index is 399. The Morgan fingerprint density at radius 2 is 2.11 bits per heavy atom. The summed E-state index contributed by atoms with van der Waals surface area (Å²) < 4.78 is 5.41. The Balaban J connectivity index is 1.80. The first-order valence-corrected chi connectivity index (χ1v) is 6.46. The molecule has 1 aromatic rings. The smallest absolute Gasteiger partial charge is 0.258 e. The highest BCUT2D eigenvalue weighted by Crippen LogP contribution is 2.19. The lowest BCUT2D eigenvalue weighted by atomic mass is 10.1. The van der Waals surface area contributed by atoms with Crippen LogP contribution in [0.15, 0.2) is 24.3 Å². The molecule has 0 unspecified atom stereocenters. The highest BCUT2D eigenvalue weighted by atomic mass is 16.5. The second-order valence-corrected chi connectivity index (χ2v) is 4.71. The van der Waals surface area contributed by atoms with E-state index in [0.717, 1.165) is 24.8 Å². The van der Waals surface area contributed by atoms with Gasteiger partial charge in [-0.05, 0) is 37.0 Å². The van der Waals surface area contributed by atoms with Gasteiger partial charge in [-0.25, -0.2) is 0 Å². The molecule has 0 aliphatic heterocycles. The number of hydrogen-bond donors (Lipinski definition) is 2. The predicted octanol–water partition coefficient (Wildman–Crippen LogP) is 1.75. The van der Waals surface area contributed by atoms with E-state index in [-0.39, 0.29) is 18.6 Å². The first kappa shape index (κ1) is 12.9. The van der Waals surface area contributed by atoms with Crippen LogP contribution in [-0.2, 0) is 4.79 Å². The van der Waals surface area contributed by atoms with Crippen LogP contribution in [0, 0.1) is 0 Å². The standard InChI is InChI=1S/C14H20N2O2/c1-2-13(15)10-3-7-12(8-4-10)18-9-14(17)16-11-5-6-11/h3-4,7-8,11,13H,2,5-6,9,15H2,1H3,(H,16,17)/t13-/m1/s1. The van der Waals surface area contributed by atoms with Crippen LogP contribution in [0.1, 0.15) is 37.8 Å². The minimum atomic E-state index is -0.0492. The van der Waals surface area contributed by atoms with E-state index in [0.29, 0.717) is 11.8 Å². The van der Waals surface area contributed by atoms with Crippen LogP contribution in [0.5, 0.6) is 5.75 Å². The number of carbonyl (C=O) groups is 1. The number of nitrogens with one attached hydrogen (secondary N) is 1. The van der Waals surface area contributed by atoms with E-state index in [2.05, 4.69) is 12.2 Å². The molecular weight excluding hydrogens is 228 g/mol. The van der Waals surface area contributed by atoms with Crippen LogP contribution >= 0.6 is 0 Å². The summed E-state index contributed by atoms with van der Waals surface area (Å²) in [7, 11) is 0. The summed E-state index contributed by atoms with van der Waals surface area (Å²) in [5, 5.41) is 2.88. The lowest BCUT2D eigenvalue weighted by molar-refractivity contribution is -0.123. The topological polar surface area (TPSA) is 64.3 Å². The van der Waals surface area contributed by atoms with Gasteiger partial charge in [-0.2, -0.15) is 0 Å². The lowest BCUT2D eigenvalue weighted by Crippen LogP contribution is -2.30. The summed E-state index contributed by atoms with van der Waals surface area (Å²) in [6, 6.07) is 8.05. The van der Waals surface area contributed by atoms with Gasteiger partial charge in [0.2, 0.25) is 0 Å². The molecule has 0 aromatic heterocycles. The Kier molecular flexibility index (Phi) is 4.20. The fraction of sp³-hybridized carbons (Fsp3) is 0.500. The van der Waals surface area contributed by atoms with Crippen LogP contribution < -0.4 is 15.8 Å². The van der Waals surface area contributed by atoms with Crippen molar-refractivity contribution in [1.29, 1.82) is 0 Å². The number of carbonyl (C=O) groups excluding carboxylic acids is 1. The fourth-order valence-electron chi connectivity index (χ4n) is 1.69. The summed E-state index contributed by atoms with van der Waals surface area (Å²) in [5.41, 5.74) is 7.01. The van der Waals surface area contributed by atoms with Gasteiger partial charge < -0.3 is 15.8 Å². The molecule has 1 aliphatic rings.